The Labute approximate surface area is 228 Å². The lowest BCUT2D eigenvalue weighted by Gasteiger charge is -2.40. The third-order valence-electron chi connectivity index (χ3n) is 8.06. The van der Waals surface area contributed by atoms with Gasteiger partial charge in [0.2, 0.25) is 5.67 Å². The molecule has 1 saturated carbocycles. The van der Waals surface area contributed by atoms with Crippen LogP contribution in [0, 0.1) is 5.92 Å². The van der Waals surface area contributed by atoms with Gasteiger partial charge in [0.25, 0.3) is 11.8 Å². The number of pyridine rings is 1. The summed E-state index contributed by atoms with van der Waals surface area (Å²) >= 11 is 0. The van der Waals surface area contributed by atoms with Crippen LogP contribution in [0.1, 0.15) is 76.5 Å². The fourth-order valence-corrected chi connectivity index (χ4v) is 5.61. The average molecular weight is 562 g/mol. The average Bonchev–Trinajstić information content (AvgIpc) is 3.71. The van der Waals surface area contributed by atoms with Gasteiger partial charge in [0, 0.05) is 47.1 Å². The van der Waals surface area contributed by atoms with Crippen molar-refractivity contribution in [2.75, 3.05) is 16.8 Å². The Hall–Kier alpha value is -3.70. The molecule has 1 aromatic heterocycles. The summed E-state index contributed by atoms with van der Waals surface area (Å²) in [6.07, 6.45) is 1.60. The number of Topliss-reactive ketones (excluding diaryl/α,β-unsaturated/α-hetero) is 1. The number of ketones is 1. The van der Waals surface area contributed by atoms with E-state index in [1.165, 1.54) is 18.2 Å². The van der Waals surface area contributed by atoms with Crippen LogP contribution in [0.2, 0.25) is 0 Å². The van der Waals surface area contributed by atoms with Gasteiger partial charge in [0.1, 0.15) is 5.82 Å². The second-order valence-electron chi connectivity index (χ2n) is 11.2. The smallest absolute Gasteiger partial charge is 0.381 e. The molecule has 2 bridgehead atoms. The number of halogens is 4. The molecule has 1 aliphatic carbocycles. The maximum Gasteiger partial charge on any atom is 0.423 e. The van der Waals surface area contributed by atoms with E-state index in [0.29, 0.717) is 25.3 Å². The highest BCUT2D eigenvalue weighted by Gasteiger charge is 2.52. The fraction of sp³-hybridized carbons (Fsp3) is 0.500. The molecule has 2 aromatic rings. The number of carbonyl (C=O) groups is 3. The Morgan fingerprint density at radius 3 is 2.20 bits per heavy atom. The fourth-order valence-electron chi connectivity index (χ4n) is 5.61. The number of anilines is 2. The first-order valence-electron chi connectivity index (χ1n) is 13.4. The second kappa shape index (κ2) is 10.4. The number of primary amides is 1. The SMILES string of the molecule is CC(F)(CNc1cc(C(=O)NC2CC3CCC(C2)N3c2ccc(C(=O)C3CC3)cn2)ccc1C(N)=O)C(F)(F)F. The van der Waals surface area contributed by atoms with E-state index in [9.17, 15) is 31.9 Å². The van der Waals surface area contributed by atoms with E-state index in [4.69, 9.17) is 5.73 Å². The van der Waals surface area contributed by atoms with Crippen LogP contribution in [0.5, 0.6) is 0 Å². The minimum atomic E-state index is -5.12. The molecule has 12 heteroatoms. The lowest BCUT2D eigenvalue weighted by Crippen LogP contribution is -2.50. The first-order chi connectivity index (χ1) is 18.8. The highest BCUT2D eigenvalue weighted by atomic mass is 19.4. The Balaban J connectivity index is 1.24. The first kappa shape index (κ1) is 27.9. The third-order valence-corrected chi connectivity index (χ3v) is 8.06. The predicted octanol–water partition coefficient (Wildman–Crippen LogP) is 4.41. The number of fused-ring (bicyclic) bond motifs is 2. The molecular formula is C28H31F4N5O3. The normalized spacial score (nSPS) is 23.8. The van der Waals surface area contributed by atoms with Gasteiger partial charge in [0.15, 0.2) is 5.78 Å². The topological polar surface area (TPSA) is 117 Å². The Morgan fingerprint density at radius 1 is 1.00 bits per heavy atom. The summed E-state index contributed by atoms with van der Waals surface area (Å²) in [6, 6.07) is 7.67. The number of aromatic nitrogens is 1. The van der Waals surface area contributed by atoms with Crippen molar-refractivity contribution in [3.8, 4) is 0 Å². The zero-order chi connectivity index (χ0) is 28.8. The standard InChI is InChI=1S/C28H31F4N5O3/c1-27(29,28(30,31)32)14-35-22-10-16(4-8-21(22)25(33)39)26(40)36-18-11-19-6-7-20(12-18)37(19)23-9-5-17(13-34-23)24(38)15-2-3-15/h4-5,8-10,13,15,18-20,35H,2-3,6-7,11-12,14H2,1H3,(H2,33,39)(H,36,40). The van der Waals surface area contributed by atoms with Gasteiger partial charge in [-0.1, -0.05) is 0 Å². The van der Waals surface area contributed by atoms with Crippen LogP contribution in [0.25, 0.3) is 0 Å². The molecule has 2 aliphatic heterocycles. The van der Waals surface area contributed by atoms with Gasteiger partial charge in [0.05, 0.1) is 12.1 Å². The van der Waals surface area contributed by atoms with Gasteiger partial charge in [-0.25, -0.2) is 9.37 Å². The molecule has 1 aromatic carbocycles. The van der Waals surface area contributed by atoms with E-state index in [0.717, 1.165) is 31.5 Å². The highest BCUT2D eigenvalue weighted by molar-refractivity contribution is 6.02. The number of rotatable bonds is 9. The molecule has 5 rings (SSSR count). The number of amides is 2. The van der Waals surface area contributed by atoms with E-state index < -0.39 is 30.2 Å². The van der Waals surface area contributed by atoms with E-state index in [2.05, 4.69) is 20.5 Å². The highest BCUT2D eigenvalue weighted by Crippen LogP contribution is 2.39. The van der Waals surface area contributed by atoms with Crippen molar-refractivity contribution in [3.63, 3.8) is 0 Å². The number of hydrogen-bond donors (Lipinski definition) is 3. The lowest BCUT2D eigenvalue weighted by molar-refractivity contribution is -0.218. The van der Waals surface area contributed by atoms with Crippen LogP contribution < -0.4 is 21.3 Å². The number of alkyl halides is 4. The van der Waals surface area contributed by atoms with Gasteiger partial charge in [-0.15, -0.1) is 0 Å². The van der Waals surface area contributed by atoms with E-state index >= 15 is 0 Å². The summed E-state index contributed by atoms with van der Waals surface area (Å²) in [4.78, 5) is 44.0. The summed E-state index contributed by atoms with van der Waals surface area (Å²) in [5.41, 5.74) is 2.20. The molecule has 8 nitrogen and oxygen atoms in total. The molecular weight excluding hydrogens is 530 g/mol. The molecule has 214 valence electrons. The Morgan fingerprint density at radius 2 is 1.65 bits per heavy atom. The molecule has 40 heavy (non-hydrogen) atoms. The van der Waals surface area contributed by atoms with E-state index in [-0.39, 0.29) is 46.6 Å². The van der Waals surface area contributed by atoms with Gasteiger partial charge >= 0.3 is 6.18 Å². The summed E-state index contributed by atoms with van der Waals surface area (Å²) < 4.78 is 53.0. The van der Waals surface area contributed by atoms with Crippen molar-refractivity contribution < 1.29 is 31.9 Å². The van der Waals surface area contributed by atoms with Crippen LogP contribution in [0.15, 0.2) is 36.5 Å². The molecule has 3 unspecified atom stereocenters. The van der Waals surface area contributed by atoms with Crippen molar-refractivity contribution in [2.45, 2.75) is 75.4 Å². The number of nitrogens with one attached hydrogen (secondary N) is 2. The first-order valence-corrected chi connectivity index (χ1v) is 13.4. The molecule has 3 aliphatic rings. The summed E-state index contributed by atoms with van der Waals surface area (Å²) in [6.45, 7) is -0.772. The van der Waals surface area contributed by atoms with E-state index in [1.807, 2.05) is 12.1 Å². The van der Waals surface area contributed by atoms with Crippen molar-refractivity contribution in [3.05, 3.63) is 53.2 Å². The zero-order valence-corrected chi connectivity index (χ0v) is 21.9. The maximum absolute atomic E-state index is 14.1. The van der Waals surface area contributed by atoms with Crippen molar-refractivity contribution >= 4 is 29.1 Å². The summed E-state index contributed by atoms with van der Waals surface area (Å²) in [7, 11) is 0. The van der Waals surface area contributed by atoms with Crippen LogP contribution in [-0.2, 0) is 0 Å². The Bertz CT molecular complexity index is 1300. The molecule has 3 atom stereocenters. The van der Waals surface area contributed by atoms with Crippen molar-refractivity contribution in [1.82, 2.24) is 10.3 Å². The monoisotopic (exact) mass is 561 g/mol. The van der Waals surface area contributed by atoms with Crippen molar-refractivity contribution in [2.24, 2.45) is 11.7 Å². The van der Waals surface area contributed by atoms with Crippen LogP contribution in [0.4, 0.5) is 29.1 Å². The molecule has 3 fully saturated rings. The number of hydrogen-bond acceptors (Lipinski definition) is 6. The summed E-state index contributed by atoms with van der Waals surface area (Å²) in [5, 5.41) is 5.29. The number of nitrogens with two attached hydrogens (primary N) is 1. The molecule has 2 saturated heterocycles. The molecule has 2 amide bonds. The van der Waals surface area contributed by atoms with Crippen LogP contribution in [0.3, 0.4) is 0 Å². The molecule has 0 radical (unpaired) electrons. The van der Waals surface area contributed by atoms with Crippen LogP contribution in [-0.4, -0.2) is 59.1 Å². The van der Waals surface area contributed by atoms with Crippen LogP contribution >= 0.6 is 0 Å². The van der Waals surface area contributed by atoms with Gasteiger partial charge < -0.3 is 21.3 Å². The molecule has 3 heterocycles. The predicted molar refractivity (Wildman–Crippen MR) is 140 cm³/mol. The molecule has 0 spiro atoms. The van der Waals surface area contributed by atoms with E-state index in [1.54, 1.807) is 6.20 Å². The number of benzene rings is 1. The number of carbonyl (C=O) groups excluding carboxylic acids is 3. The minimum Gasteiger partial charge on any atom is -0.381 e. The number of piperidine rings is 1. The molecule has 4 N–H and O–H groups in total. The minimum absolute atomic E-state index is 0.104. The largest absolute Gasteiger partial charge is 0.423 e. The third kappa shape index (κ3) is 5.62. The second-order valence-corrected chi connectivity index (χ2v) is 11.2. The van der Waals surface area contributed by atoms with Gasteiger partial charge in [-0.05, 0) is 75.8 Å². The quantitative estimate of drug-likeness (QED) is 0.309. The lowest BCUT2D eigenvalue weighted by atomic mass is 9.96. The number of nitrogens with zero attached hydrogens (tertiary/aromatic N) is 2. The Kier molecular flexibility index (Phi) is 7.22. The van der Waals surface area contributed by atoms with Gasteiger partial charge in [-0.3, -0.25) is 14.4 Å². The van der Waals surface area contributed by atoms with Crippen molar-refractivity contribution in [1.29, 1.82) is 0 Å². The summed E-state index contributed by atoms with van der Waals surface area (Å²) in [5.74, 6) is -0.307. The maximum atomic E-state index is 14.1. The van der Waals surface area contributed by atoms with Gasteiger partial charge in [-0.2, -0.15) is 13.2 Å². The zero-order valence-electron chi connectivity index (χ0n) is 21.9.